The van der Waals surface area contributed by atoms with Crippen molar-refractivity contribution in [2.75, 3.05) is 11.9 Å². The molecule has 0 atom stereocenters. The van der Waals surface area contributed by atoms with Gasteiger partial charge in [-0.2, -0.15) is 0 Å². The zero-order chi connectivity index (χ0) is 15.4. The van der Waals surface area contributed by atoms with Gasteiger partial charge < -0.3 is 15.6 Å². The first-order chi connectivity index (χ1) is 10.7. The summed E-state index contributed by atoms with van der Waals surface area (Å²) in [6, 6.07) is 16.1. The molecule has 0 amide bonds. The van der Waals surface area contributed by atoms with Crippen LogP contribution in [-0.2, 0) is 0 Å². The van der Waals surface area contributed by atoms with Crippen molar-refractivity contribution >= 4 is 45.8 Å². The van der Waals surface area contributed by atoms with Crippen molar-refractivity contribution in [3.05, 3.63) is 48.5 Å². The molecule has 0 spiro atoms. The average Bonchev–Trinajstić information content (AvgIpc) is 2.91. The van der Waals surface area contributed by atoms with E-state index in [1.165, 1.54) is 0 Å². The van der Waals surface area contributed by atoms with Crippen LogP contribution >= 0.6 is 24.0 Å². The fourth-order valence-corrected chi connectivity index (χ4v) is 3.09. The van der Waals surface area contributed by atoms with Crippen molar-refractivity contribution in [2.45, 2.75) is 17.0 Å². The van der Waals surface area contributed by atoms with E-state index in [2.05, 4.69) is 32.7 Å². The molecule has 6 heteroatoms. The molecular formula is C16H16N4S2. The summed E-state index contributed by atoms with van der Waals surface area (Å²) in [5, 5.41) is 7.74. The molecule has 3 N–H and O–H groups in total. The number of hydrogen-bond acceptors (Lipinski definition) is 3. The molecule has 2 aromatic carbocycles. The quantitative estimate of drug-likeness (QED) is 0.632. The molecule has 4 nitrogen and oxygen atoms in total. The minimum absolute atomic E-state index is 0.639. The number of para-hydroxylation sites is 2. The maximum Gasteiger partial charge on any atom is 0.171 e. The Kier molecular flexibility index (Phi) is 4.60. The third-order valence-corrected chi connectivity index (χ3v) is 4.17. The number of nitrogens with zero attached hydrogens (tertiary/aromatic N) is 1. The first kappa shape index (κ1) is 14.9. The van der Waals surface area contributed by atoms with E-state index < -0.39 is 0 Å². The van der Waals surface area contributed by atoms with Crippen LogP contribution in [0.15, 0.2) is 58.6 Å². The third-order valence-electron chi connectivity index (χ3n) is 3.03. The Morgan fingerprint density at radius 1 is 1.18 bits per heavy atom. The van der Waals surface area contributed by atoms with E-state index >= 15 is 0 Å². The van der Waals surface area contributed by atoms with Gasteiger partial charge in [-0.1, -0.05) is 23.9 Å². The molecule has 0 fully saturated rings. The molecule has 1 aromatic heterocycles. The van der Waals surface area contributed by atoms with Crippen LogP contribution in [-0.4, -0.2) is 21.6 Å². The highest BCUT2D eigenvalue weighted by atomic mass is 32.2. The number of H-pyrrole nitrogens is 1. The standard InChI is InChI=1S/C16H16N4S2/c1-2-17-15(21)18-11-7-9-12(10-8-11)22-16-19-13-5-3-4-6-14(13)20-16/h3-10H,2H2,1H3,(H,19,20)(H2,17,18,21). The topological polar surface area (TPSA) is 52.7 Å². The lowest BCUT2D eigenvalue weighted by atomic mass is 10.3. The molecule has 0 aliphatic rings. The van der Waals surface area contributed by atoms with Crippen molar-refractivity contribution < 1.29 is 0 Å². The van der Waals surface area contributed by atoms with Crippen LogP contribution in [0, 0.1) is 0 Å². The van der Waals surface area contributed by atoms with Gasteiger partial charge in [0.05, 0.1) is 11.0 Å². The Morgan fingerprint density at radius 2 is 1.95 bits per heavy atom. The number of aromatic nitrogens is 2. The number of imidazole rings is 1. The van der Waals surface area contributed by atoms with E-state index in [1.807, 2.05) is 43.3 Å². The average molecular weight is 328 g/mol. The number of nitrogens with one attached hydrogen (secondary N) is 3. The van der Waals surface area contributed by atoms with Gasteiger partial charge in [-0.3, -0.25) is 0 Å². The van der Waals surface area contributed by atoms with Crippen molar-refractivity contribution in [3.8, 4) is 0 Å². The minimum atomic E-state index is 0.639. The summed E-state index contributed by atoms with van der Waals surface area (Å²) in [5.41, 5.74) is 3.01. The summed E-state index contributed by atoms with van der Waals surface area (Å²) >= 11 is 6.78. The van der Waals surface area contributed by atoms with Crippen LogP contribution < -0.4 is 10.6 Å². The lowest BCUT2D eigenvalue weighted by Crippen LogP contribution is -2.27. The highest BCUT2D eigenvalue weighted by Crippen LogP contribution is 2.28. The van der Waals surface area contributed by atoms with Crippen LogP contribution in [0.25, 0.3) is 11.0 Å². The van der Waals surface area contributed by atoms with Crippen LogP contribution in [0.1, 0.15) is 6.92 Å². The third kappa shape index (κ3) is 3.58. The van der Waals surface area contributed by atoms with E-state index in [-0.39, 0.29) is 0 Å². The molecule has 0 aliphatic carbocycles. The van der Waals surface area contributed by atoms with Gasteiger partial charge in [-0.25, -0.2) is 4.98 Å². The largest absolute Gasteiger partial charge is 0.363 e. The highest BCUT2D eigenvalue weighted by molar-refractivity contribution is 7.99. The van der Waals surface area contributed by atoms with E-state index in [4.69, 9.17) is 12.2 Å². The first-order valence-corrected chi connectivity index (χ1v) is 8.24. The fraction of sp³-hybridized carbons (Fsp3) is 0.125. The van der Waals surface area contributed by atoms with Crippen LogP contribution in [0.4, 0.5) is 5.69 Å². The SMILES string of the molecule is CCNC(=S)Nc1ccc(Sc2nc3ccccc3[nH]2)cc1. The molecule has 3 rings (SSSR count). The Labute approximate surface area is 138 Å². The smallest absolute Gasteiger partial charge is 0.171 e. The Hall–Kier alpha value is -2.05. The number of aromatic amines is 1. The number of fused-ring (bicyclic) bond motifs is 1. The van der Waals surface area contributed by atoms with Gasteiger partial charge in [-0.05, 0) is 55.5 Å². The Bertz CT molecular complexity index is 747. The summed E-state index contributed by atoms with van der Waals surface area (Å²) in [5.74, 6) is 0. The van der Waals surface area contributed by atoms with E-state index in [9.17, 15) is 0 Å². The van der Waals surface area contributed by atoms with Gasteiger partial charge in [0, 0.05) is 17.1 Å². The zero-order valence-electron chi connectivity index (χ0n) is 12.1. The first-order valence-electron chi connectivity index (χ1n) is 7.02. The molecule has 3 aromatic rings. The van der Waals surface area contributed by atoms with Gasteiger partial charge in [-0.15, -0.1) is 0 Å². The fourth-order valence-electron chi connectivity index (χ4n) is 2.03. The molecule has 0 radical (unpaired) electrons. The number of anilines is 1. The molecule has 0 saturated carbocycles. The maximum atomic E-state index is 5.17. The van der Waals surface area contributed by atoms with Gasteiger partial charge >= 0.3 is 0 Å². The molecule has 0 bridgehead atoms. The summed E-state index contributed by atoms with van der Waals surface area (Å²) in [6.07, 6.45) is 0. The van der Waals surface area contributed by atoms with Crippen molar-refractivity contribution in [3.63, 3.8) is 0 Å². The second-order valence-corrected chi connectivity index (χ2v) is 6.14. The van der Waals surface area contributed by atoms with Crippen molar-refractivity contribution in [1.29, 1.82) is 0 Å². The maximum absolute atomic E-state index is 5.17. The number of hydrogen-bond donors (Lipinski definition) is 3. The van der Waals surface area contributed by atoms with Crippen molar-refractivity contribution in [1.82, 2.24) is 15.3 Å². The van der Waals surface area contributed by atoms with E-state index in [0.29, 0.717) is 5.11 Å². The molecule has 0 unspecified atom stereocenters. The summed E-state index contributed by atoms with van der Waals surface area (Å²) < 4.78 is 0. The number of thiocarbonyl (C=S) groups is 1. The molecule has 112 valence electrons. The highest BCUT2D eigenvalue weighted by Gasteiger charge is 2.04. The molecule has 0 aliphatic heterocycles. The summed E-state index contributed by atoms with van der Waals surface area (Å²) in [6.45, 7) is 2.83. The normalized spacial score (nSPS) is 10.6. The van der Waals surface area contributed by atoms with Crippen molar-refractivity contribution in [2.24, 2.45) is 0 Å². The lowest BCUT2D eigenvalue weighted by molar-refractivity contribution is 0.979. The molecular weight excluding hydrogens is 312 g/mol. The second-order valence-electron chi connectivity index (χ2n) is 4.67. The molecule has 1 heterocycles. The van der Waals surface area contributed by atoms with E-state index in [0.717, 1.165) is 33.3 Å². The number of benzene rings is 2. The Balaban J connectivity index is 1.69. The second kappa shape index (κ2) is 6.81. The van der Waals surface area contributed by atoms with Gasteiger partial charge in [0.2, 0.25) is 0 Å². The summed E-state index contributed by atoms with van der Waals surface area (Å²) in [7, 11) is 0. The van der Waals surface area contributed by atoms with Crippen LogP contribution in [0.3, 0.4) is 0 Å². The van der Waals surface area contributed by atoms with Crippen LogP contribution in [0.2, 0.25) is 0 Å². The number of rotatable bonds is 4. The van der Waals surface area contributed by atoms with Gasteiger partial charge in [0.15, 0.2) is 10.3 Å². The summed E-state index contributed by atoms with van der Waals surface area (Å²) in [4.78, 5) is 9.00. The minimum Gasteiger partial charge on any atom is -0.363 e. The van der Waals surface area contributed by atoms with Gasteiger partial charge in [0.1, 0.15) is 0 Å². The molecule has 22 heavy (non-hydrogen) atoms. The zero-order valence-corrected chi connectivity index (χ0v) is 13.7. The predicted octanol–water partition coefficient (Wildman–Crippen LogP) is 4.02. The lowest BCUT2D eigenvalue weighted by Gasteiger charge is -2.08. The van der Waals surface area contributed by atoms with E-state index in [1.54, 1.807) is 11.8 Å². The molecule has 0 saturated heterocycles. The van der Waals surface area contributed by atoms with Crippen LogP contribution in [0.5, 0.6) is 0 Å². The van der Waals surface area contributed by atoms with Gasteiger partial charge in [0.25, 0.3) is 0 Å². The monoisotopic (exact) mass is 328 g/mol. The Morgan fingerprint density at radius 3 is 2.68 bits per heavy atom. The predicted molar refractivity (Wildman–Crippen MR) is 96.6 cm³/mol.